The van der Waals surface area contributed by atoms with Crippen LogP contribution in [0.4, 0.5) is 4.79 Å². The number of carbonyl (C=O) groups excluding carboxylic acids is 2. The average Bonchev–Trinajstić information content (AvgIpc) is 1.60. The number of nitrogens with two attached hydrogens (primary N) is 1. The molecule has 55 heteroatoms. The molecule has 150 heavy (non-hydrogen) atoms. The molecule has 0 radical (unpaired) electrons. The lowest BCUT2D eigenvalue weighted by atomic mass is 9.98. The minimum absolute atomic E-state index is 0.00134. The summed E-state index contributed by atoms with van der Waals surface area (Å²) in [6.45, 7) is 17.4. The Morgan fingerprint density at radius 2 is 0.753 bits per heavy atom. The smallest absolute Gasteiger partial charge is 0.466 e. The molecule has 0 bridgehead atoms. The molecule has 13 rings (SSSR count). The number of nitrogens with zero attached hydrogens (tertiary/aromatic N) is 5. The first kappa shape index (κ1) is 125. The first-order valence-electron chi connectivity index (χ1n) is 47.4. The number of esters is 1. The van der Waals surface area contributed by atoms with Crippen LogP contribution in [-0.4, -0.2) is 398 Å². The van der Waals surface area contributed by atoms with Gasteiger partial charge in [0, 0.05) is 86.8 Å². The Balaban J connectivity index is 0.000000214. The summed E-state index contributed by atoms with van der Waals surface area (Å²) in [5.74, 6) is -1.98. The predicted molar refractivity (Wildman–Crippen MR) is 591 cm³/mol. The fourth-order valence-electron chi connectivity index (χ4n) is 16.5. The summed E-state index contributed by atoms with van der Waals surface area (Å²) in [6, 6.07) is 15.5. The molecule has 7 aromatic rings. The van der Waals surface area contributed by atoms with Gasteiger partial charge in [-0.2, -0.15) is 16.8 Å². The molecule has 5 unspecified atom stereocenters. The van der Waals surface area contributed by atoms with E-state index >= 15 is 0 Å². The third-order valence-electron chi connectivity index (χ3n) is 24.7. The fraction of sp³-hybridized carbons (Fsp3) is 0.526. The number of benzene rings is 2. The van der Waals surface area contributed by atoms with Gasteiger partial charge in [-0.25, -0.2) is 24.0 Å². The van der Waals surface area contributed by atoms with Gasteiger partial charge in [-0.05, 0) is 182 Å². The lowest BCUT2D eigenvalue weighted by Crippen LogP contribution is -2.38. The number of aliphatic hydroxyl groups excluding tert-OH is 10. The van der Waals surface area contributed by atoms with Gasteiger partial charge < -0.3 is 105 Å². The number of aliphatic hydroxyl groups is 10. The van der Waals surface area contributed by atoms with Crippen LogP contribution in [0.3, 0.4) is 0 Å². The predicted octanol–water partition coefficient (Wildman–Crippen LogP) is 1.18. The SMILES string of the molecule is C=Cc1cn(C2O[C@H](CCP(=C)(C)C)[C@@H](O)[C@H]2O)c(=O)[nH]c1=O.C=P(C)(C)CC[C@H]1OC(n2cc(/C=C/C(=O)OC)c(=O)[nH]c2=O)[C@H](O)[C@@H]1O.C=P(C)(C)CC[C@H]1OC(n2cc(/C=C/CN)c(=O)[nH]c2=O)[C@H](O)[C@@H]1O.C=P(C)(C)CC[C@H]1OC(n2cc(CNCCS(=O)(=O)O)c(=O)[nH]c2=S)[C@H](O)[C@@H]1O.C=P(C)(C)CC[C@H]1OC(n2cc(CNCCS(=O)(=O)OC(=O)OCC3c4ccccc4-c4ccccc43)c(=O)[nH]c2=S)[C@H](O)[C@@H]1O. The van der Waals surface area contributed by atoms with Crippen LogP contribution in [-0.2, 0) is 75.5 Å². The van der Waals surface area contributed by atoms with E-state index in [1.165, 1.54) is 65.5 Å². The molecule has 5 aromatic heterocycles. The molecule has 10 heterocycles. The molecule has 20 atom stereocenters. The summed E-state index contributed by atoms with van der Waals surface area (Å²) in [5, 5.41) is 109. The number of rotatable bonds is 38. The molecule has 0 amide bonds. The molecule has 46 nitrogen and oxygen atoms in total. The Hall–Kier alpha value is -8.72. The Morgan fingerprint density at radius 1 is 0.447 bits per heavy atom. The maximum atomic E-state index is 12.6. The number of ether oxygens (including phenoxy) is 7. The third-order valence-corrected chi connectivity index (χ3v) is 34.5. The van der Waals surface area contributed by atoms with Crippen LogP contribution >= 0.6 is 58.9 Å². The third kappa shape index (κ3) is 35.4. The van der Waals surface area contributed by atoms with Gasteiger partial charge in [0.25, 0.3) is 37.9 Å². The van der Waals surface area contributed by atoms with Gasteiger partial charge in [0.15, 0.2) is 40.7 Å². The minimum Gasteiger partial charge on any atom is -0.466 e. The summed E-state index contributed by atoms with van der Waals surface area (Å²) >= 11 is 10.5. The average molecular weight is 2280 g/mol. The van der Waals surface area contributed by atoms with Crippen molar-refractivity contribution in [3.8, 4) is 11.1 Å². The highest BCUT2D eigenvalue weighted by atomic mass is 32.2. The molecule has 5 saturated heterocycles. The zero-order valence-corrected chi connectivity index (χ0v) is 92.8. The van der Waals surface area contributed by atoms with Gasteiger partial charge in [0.1, 0.15) is 67.6 Å². The summed E-state index contributed by atoms with van der Waals surface area (Å²) in [4.78, 5) is 131. The van der Waals surface area contributed by atoms with Gasteiger partial charge in [0.2, 0.25) is 0 Å². The molecule has 20 N–H and O–H groups in total. The van der Waals surface area contributed by atoms with Crippen molar-refractivity contribution in [1.29, 1.82) is 0 Å². The van der Waals surface area contributed by atoms with Gasteiger partial charge >= 0.3 is 39.3 Å². The van der Waals surface area contributed by atoms with E-state index in [4.69, 9.17) is 63.1 Å². The largest absolute Gasteiger partial charge is 0.524 e. The Kier molecular flexibility index (Phi) is 44.6. The van der Waals surface area contributed by atoms with E-state index in [9.17, 15) is 116 Å². The first-order valence-corrected chi connectivity index (χ1v) is 66.7. The molecule has 0 saturated carbocycles. The Bertz CT molecular complexity index is 7130. The minimum atomic E-state index is -4.30. The van der Waals surface area contributed by atoms with Crippen molar-refractivity contribution in [3.05, 3.63) is 230 Å². The van der Waals surface area contributed by atoms with Crippen LogP contribution < -0.4 is 61.2 Å². The van der Waals surface area contributed by atoms with Gasteiger partial charge in [-0.1, -0.05) is 73.3 Å². The highest BCUT2D eigenvalue weighted by Crippen LogP contribution is 2.47. The number of methoxy groups -OCH3 is 1. The van der Waals surface area contributed by atoms with Crippen LogP contribution in [0.15, 0.2) is 137 Å². The second-order valence-electron chi connectivity index (χ2n) is 40.3. The van der Waals surface area contributed by atoms with Crippen molar-refractivity contribution >= 4 is 141 Å². The number of carbonyl (C=O) groups is 2. The Labute approximate surface area is 876 Å². The fourth-order valence-corrected chi connectivity index (χ4v) is 22.9. The van der Waals surface area contributed by atoms with Gasteiger partial charge in [-0.15, -0.1) is 65.9 Å². The first-order chi connectivity index (χ1) is 69.8. The summed E-state index contributed by atoms with van der Waals surface area (Å²) in [6.07, 6.45) is 18.6. The summed E-state index contributed by atoms with van der Waals surface area (Å²) < 4.78 is 104. The van der Waals surface area contributed by atoms with Gasteiger partial charge in [-0.3, -0.25) is 76.3 Å². The van der Waals surface area contributed by atoms with Crippen LogP contribution in [0.25, 0.3) is 29.4 Å². The van der Waals surface area contributed by atoms with E-state index in [0.717, 1.165) is 72.8 Å². The van der Waals surface area contributed by atoms with Crippen molar-refractivity contribution in [2.24, 2.45) is 5.73 Å². The van der Waals surface area contributed by atoms with Crippen LogP contribution in [0.2, 0.25) is 0 Å². The zero-order chi connectivity index (χ0) is 112. The van der Waals surface area contributed by atoms with Crippen molar-refractivity contribution in [2.75, 3.05) is 142 Å². The standard InChI is InChI=1S/C31H38N3O9PS2.C17H25N2O7P.C16H28N3O7PS2.C16H26N3O5P.C15H23N2O5P/c1-44(2,3)14-12-25-26(35)27(36)29(42-25)34-17-19(28(37)33-30(34)45)16-32-13-15-46(39,40)43-31(38)41-18-24-22-10-6-4-8-20(22)21-9-5-7-11-23(21)24;1-25-12(20)6-5-10-9-19(17(24)18-15(10)23)16-14(22)13(21)11(26-16)7-8-27(2,3)4;1-27(2,3)6-4-11-12(20)13(21)15(26-11)19-9-10(14(22)18-16(19)28)8-17-5-7-29(23,24)25;1-25(2,3)8-6-11-12(20)13(21)15(24-11)19-9-10(5-4-7-17)14(22)18-16(19)23;1-5-9-8-17(15(21)16-13(9)20)14-12(19)11(18)10(22-14)6-7-23(2,3)4/h4-11,17,24-27,29,32,35-36H,1,12-16,18H2,2-3H3,(H,33,37,45);5-6,9,11,13-14,16,21-22H,2,7-8H2,1,3-4H3,(H,18,23,24);9,11-13,15,17,20-21H,1,4-8H2,2-3H3,(H,18,22,28)(H,23,24,25);4-5,9,11-13,15,20-21H,1,6-8,17H2,2-3H3,(H,18,22,23);5,8,10-12,14,18-19H,1-2,6-7H2,3-4H3,(H,16,20,21)/b;6-5+;;5-4+;/t25-,26-,27-,29?;11-,13-,14-,16?;2*11-,12-,13-,15?;10-,11-,12-,14?/m11111/s1. The second kappa shape index (κ2) is 53.6. The maximum absolute atomic E-state index is 12.6. The number of H-pyrrole nitrogens is 5. The highest BCUT2D eigenvalue weighted by Gasteiger charge is 2.49. The molecule has 6 aliphatic rings. The molecular weight excluding hydrogens is 2130 g/mol. The Morgan fingerprint density at radius 3 is 1.07 bits per heavy atom. The normalized spacial score (nSPS) is 24.9. The number of aromatic amines is 5. The lowest BCUT2D eigenvalue weighted by Gasteiger charge is -2.20. The van der Waals surface area contributed by atoms with Gasteiger partial charge in [0.05, 0.1) is 65.8 Å². The molecule has 1 aliphatic carbocycles. The lowest BCUT2D eigenvalue weighted by molar-refractivity contribution is -0.134. The van der Waals surface area contributed by atoms with Crippen molar-refractivity contribution in [2.45, 2.75) is 174 Å². The van der Waals surface area contributed by atoms with E-state index in [-0.39, 0.29) is 82.6 Å². The van der Waals surface area contributed by atoms with Crippen LogP contribution in [0.5, 0.6) is 0 Å². The highest BCUT2D eigenvalue weighted by molar-refractivity contribution is 7.87. The number of hydrogen-bond acceptors (Lipinski definition) is 37. The maximum Gasteiger partial charge on any atom is 0.524 e. The van der Waals surface area contributed by atoms with Crippen LogP contribution in [0.1, 0.15) is 108 Å². The molecular formula is C95H140N13O33P5S4. The van der Waals surface area contributed by atoms with E-state index in [1.54, 1.807) is 6.08 Å². The van der Waals surface area contributed by atoms with E-state index in [2.05, 4.69) is 149 Å². The molecule has 5 aliphatic heterocycles. The van der Waals surface area contributed by atoms with Crippen molar-refractivity contribution in [1.82, 2.24) is 58.4 Å². The molecule has 5 fully saturated rings. The molecule has 0 spiro atoms. The number of hydrogen-bond donors (Lipinski definition) is 19. The second-order valence-corrected chi connectivity index (χ2v) is 66.0. The number of fused-ring (bicyclic) bond motifs is 3. The zero-order valence-electron chi connectivity index (χ0n) is 85.1. The van der Waals surface area contributed by atoms with E-state index in [1.807, 2.05) is 48.5 Å². The van der Waals surface area contributed by atoms with Crippen molar-refractivity contribution < 1.29 is 119 Å². The van der Waals surface area contributed by atoms with E-state index in [0.29, 0.717) is 32.1 Å². The number of aromatic nitrogens is 10. The topological polar surface area (TPSA) is 689 Å². The molecule has 832 valence electrons. The van der Waals surface area contributed by atoms with Crippen molar-refractivity contribution in [3.63, 3.8) is 0 Å². The molecule has 2 aromatic carbocycles. The number of nitrogens with one attached hydrogen (secondary N) is 7. The van der Waals surface area contributed by atoms with E-state index < -0.39 is 246 Å². The van der Waals surface area contributed by atoms with Crippen LogP contribution in [0, 0.1) is 9.54 Å². The quantitative estimate of drug-likeness (QED) is 0.00491. The summed E-state index contributed by atoms with van der Waals surface area (Å²) in [7, 11) is -7.22. The summed E-state index contributed by atoms with van der Waals surface area (Å²) in [5.41, 5.74) is 5.19. The monoisotopic (exact) mass is 2270 g/mol.